The monoisotopic (exact) mass is 318 g/mol. The molecule has 0 bridgehead atoms. The maximum absolute atomic E-state index is 12.5. The van der Waals surface area contributed by atoms with Crippen LogP contribution in [0.3, 0.4) is 0 Å². The van der Waals surface area contributed by atoms with Crippen molar-refractivity contribution in [2.24, 2.45) is 0 Å². The van der Waals surface area contributed by atoms with E-state index in [1.807, 2.05) is 0 Å². The Hall–Kier alpha value is -2.34. The summed E-state index contributed by atoms with van der Waals surface area (Å²) < 4.78 is 24.9. The zero-order valence-electron chi connectivity index (χ0n) is 12.3. The fourth-order valence-electron chi connectivity index (χ4n) is 2.14. The molecule has 0 aromatic heterocycles. The second-order valence-electron chi connectivity index (χ2n) is 5.48. The van der Waals surface area contributed by atoms with Crippen molar-refractivity contribution < 1.29 is 13.3 Å². The van der Waals surface area contributed by atoms with Crippen molar-refractivity contribution in [1.82, 2.24) is 0 Å². The molecule has 0 radical (unpaired) electrons. The van der Waals surface area contributed by atoms with Gasteiger partial charge < -0.3 is 0 Å². The van der Waals surface area contributed by atoms with E-state index in [4.69, 9.17) is 0 Å². The number of hydrogen-bond donors (Lipinski definition) is 0. The molecule has 0 N–H and O–H groups in total. The Morgan fingerprint density at radius 1 is 0.955 bits per heavy atom. The molecule has 0 heterocycles. The van der Waals surface area contributed by atoms with E-state index >= 15 is 0 Å². The van der Waals surface area contributed by atoms with Crippen LogP contribution in [0.5, 0.6) is 0 Å². The molecule has 116 valence electrons. The quantitative estimate of drug-likeness (QED) is 0.482. The first-order valence-electron chi connectivity index (χ1n) is 6.64. The molecule has 5 nitrogen and oxygen atoms in total. The van der Waals surface area contributed by atoms with E-state index in [1.165, 1.54) is 24.3 Å². The lowest BCUT2D eigenvalue weighted by molar-refractivity contribution is -0.445. The maximum atomic E-state index is 12.5. The Morgan fingerprint density at radius 3 is 1.95 bits per heavy atom. The fraction of sp³-hybridized carbons (Fsp3) is 0.188. The zero-order chi connectivity index (χ0) is 16.4. The number of hydrogen-bond acceptors (Lipinski definition) is 4. The van der Waals surface area contributed by atoms with Crippen LogP contribution >= 0.6 is 0 Å². The van der Waals surface area contributed by atoms with Crippen LogP contribution in [0.25, 0.3) is 0 Å². The van der Waals surface area contributed by atoms with Crippen LogP contribution in [-0.2, 0) is 15.3 Å². The van der Waals surface area contributed by atoms with Gasteiger partial charge in [-0.25, -0.2) is 8.42 Å². The van der Waals surface area contributed by atoms with Crippen molar-refractivity contribution in [3.05, 3.63) is 76.8 Å². The number of nitro groups is 1. The van der Waals surface area contributed by atoms with E-state index in [0.717, 1.165) is 6.54 Å². The highest BCUT2D eigenvalue weighted by atomic mass is 32.2. The molecule has 2 rings (SSSR count). The van der Waals surface area contributed by atoms with Gasteiger partial charge in [0.1, 0.15) is 0 Å². The van der Waals surface area contributed by atoms with Crippen LogP contribution in [0.4, 0.5) is 0 Å². The minimum absolute atomic E-state index is 0.166. The van der Waals surface area contributed by atoms with Crippen LogP contribution in [-0.4, -0.2) is 13.3 Å². The number of nitrogens with zero attached hydrogens (tertiary/aromatic N) is 1. The molecule has 0 saturated heterocycles. The van der Waals surface area contributed by atoms with E-state index in [0.29, 0.717) is 5.56 Å². The molecule has 0 amide bonds. The highest BCUT2D eigenvalue weighted by molar-refractivity contribution is 7.91. The van der Waals surface area contributed by atoms with Gasteiger partial charge in [0.2, 0.25) is 9.84 Å². The summed E-state index contributed by atoms with van der Waals surface area (Å²) in [5, 5.41) is 10.7. The molecular weight excluding hydrogens is 302 g/mol. The number of sulfone groups is 1. The van der Waals surface area contributed by atoms with Crippen molar-refractivity contribution >= 4 is 9.84 Å². The van der Waals surface area contributed by atoms with Gasteiger partial charge in [-0.15, -0.1) is 4.92 Å². The number of rotatable bonds is 5. The van der Waals surface area contributed by atoms with Crippen LogP contribution < -0.4 is 0 Å². The van der Waals surface area contributed by atoms with Crippen molar-refractivity contribution in [3.63, 3.8) is 0 Å². The second kappa shape index (κ2) is 5.81. The minimum Gasteiger partial charge on any atom is -0.295 e. The molecule has 0 aliphatic rings. The molecule has 0 fully saturated rings. The summed E-state index contributed by atoms with van der Waals surface area (Å²) in [4.78, 5) is 10.5. The average molecular weight is 318 g/mol. The molecule has 2 aromatic rings. The lowest BCUT2D eigenvalue weighted by Crippen LogP contribution is -2.22. The second-order valence-corrected chi connectivity index (χ2v) is 7.43. The molecule has 0 atom stereocenters. The standard InChI is InChI=1S/C16H16NO4S/c1-16(2,12-17(18)19)13-8-10-15(11-9-13)22(20,21)14-6-4-3-5-7-14/h3-12H,1-2H3/q-1. The van der Waals surface area contributed by atoms with E-state index in [-0.39, 0.29) is 9.79 Å². The van der Waals surface area contributed by atoms with Gasteiger partial charge in [0.25, 0.3) is 0 Å². The normalized spacial score (nSPS) is 11.9. The summed E-state index contributed by atoms with van der Waals surface area (Å²) in [5.74, 6) is 0. The Bertz CT molecular complexity index is 766. The molecular formula is C16H16NO4S-. The molecule has 0 aliphatic carbocycles. The van der Waals surface area contributed by atoms with E-state index in [9.17, 15) is 18.5 Å². The Morgan fingerprint density at radius 2 is 1.45 bits per heavy atom. The summed E-state index contributed by atoms with van der Waals surface area (Å²) in [6.45, 7) is 4.40. The van der Waals surface area contributed by atoms with Gasteiger partial charge in [0.15, 0.2) is 0 Å². The topological polar surface area (TPSA) is 77.3 Å². The van der Waals surface area contributed by atoms with Crippen molar-refractivity contribution in [1.29, 1.82) is 0 Å². The van der Waals surface area contributed by atoms with Gasteiger partial charge in [-0.05, 0) is 30.8 Å². The summed E-state index contributed by atoms with van der Waals surface area (Å²) in [7, 11) is -3.57. The molecule has 0 spiro atoms. The third-order valence-electron chi connectivity index (χ3n) is 3.39. The van der Waals surface area contributed by atoms with Crippen LogP contribution in [0.15, 0.2) is 64.4 Å². The summed E-state index contributed by atoms with van der Waals surface area (Å²) >= 11 is 0. The Balaban J connectivity index is 2.35. The van der Waals surface area contributed by atoms with Gasteiger partial charge >= 0.3 is 0 Å². The molecule has 22 heavy (non-hydrogen) atoms. The SMILES string of the molecule is CC(C)([CH-][N+](=O)[O-])c1ccc(S(=O)(=O)c2ccccc2)cc1. The minimum atomic E-state index is -3.57. The fourth-order valence-corrected chi connectivity index (χ4v) is 3.42. The Labute approximate surface area is 129 Å². The summed E-state index contributed by atoms with van der Waals surface area (Å²) in [6, 6.07) is 14.3. The third kappa shape index (κ3) is 3.28. The number of benzene rings is 2. The average Bonchev–Trinajstić information content (AvgIpc) is 2.47. The largest absolute Gasteiger partial charge is 0.295 e. The van der Waals surface area contributed by atoms with Gasteiger partial charge in [-0.2, -0.15) is 0 Å². The molecule has 2 aromatic carbocycles. The van der Waals surface area contributed by atoms with Gasteiger partial charge in [0.05, 0.1) is 9.79 Å². The highest BCUT2D eigenvalue weighted by Gasteiger charge is 2.20. The highest BCUT2D eigenvalue weighted by Crippen LogP contribution is 2.28. The lowest BCUT2D eigenvalue weighted by atomic mass is 9.85. The Kier molecular flexibility index (Phi) is 4.23. The molecule has 0 unspecified atom stereocenters. The predicted octanol–water partition coefficient (Wildman–Crippen LogP) is 3.24. The van der Waals surface area contributed by atoms with Crippen LogP contribution in [0, 0.1) is 16.7 Å². The van der Waals surface area contributed by atoms with E-state index < -0.39 is 20.2 Å². The van der Waals surface area contributed by atoms with E-state index in [1.54, 1.807) is 44.2 Å². The van der Waals surface area contributed by atoms with Gasteiger partial charge in [0, 0.05) is 0 Å². The first-order chi connectivity index (χ1) is 10.2. The van der Waals surface area contributed by atoms with Crippen molar-refractivity contribution in [3.8, 4) is 0 Å². The smallest absolute Gasteiger partial charge is 0.206 e. The van der Waals surface area contributed by atoms with Gasteiger partial charge in [-0.1, -0.05) is 55.2 Å². The summed E-state index contributed by atoms with van der Waals surface area (Å²) in [6.07, 6.45) is 0. The lowest BCUT2D eigenvalue weighted by Gasteiger charge is -2.29. The maximum Gasteiger partial charge on any atom is 0.206 e. The zero-order valence-corrected chi connectivity index (χ0v) is 13.1. The first-order valence-corrected chi connectivity index (χ1v) is 8.12. The van der Waals surface area contributed by atoms with Crippen molar-refractivity contribution in [2.45, 2.75) is 29.1 Å². The van der Waals surface area contributed by atoms with Crippen LogP contribution in [0.2, 0.25) is 0 Å². The van der Waals surface area contributed by atoms with Gasteiger partial charge in [-0.3, -0.25) is 10.1 Å². The third-order valence-corrected chi connectivity index (χ3v) is 5.18. The predicted molar refractivity (Wildman–Crippen MR) is 82.7 cm³/mol. The molecule has 0 saturated carbocycles. The molecule has 6 heteroatoms. The molecule has 0 aliphatic heterocycles. The van der Waals surface area contributed by atoms with E-state index in [2.05, 4.69) is 0 Å². The summed E-state index contributed by atoms with van der Waals surface area (Å²) in [5.41, 5.74) is -0.102. The van der Waals surface area contributed by atoms with Crippen LogP contribution in [0.1, 0.15) is 19.4 Å². The van der Waals surface area contributed by atoms with Crippen molar-refractivity contribution in [2.75, 3.05) is 0 Å². The first kappa shape index (κ1) is 16.0.